The minimum atomic E-state index is -0.226. The van der Waals surface area contributed by atoms with Crippen LogP contribution in [0.5, 0.6) is 0 Å². The second-order valence-corrected chi connectivity index (χ2v) is 6.32. The minimum Gasteiger partial charge on any atom is -0.383 e. The van der Waals surface area contributed by atoms with E-state index in [2.05, 4.69) is 4.90 Å². The number of likely N-dealkylation sites (tertiary alicyclic amines) is 1. The molecule has 1 amide bonds. The van der Waals surface area contributed by atoms with Gasteiger partial charge in [0.25, 0.3) is 0 Å². The van der Waals surface area contributed by atoms with Gasteiger partial charge in [0.1, 0.15) is 0 Å². The molecule has 1 aromatic rings. The van der Waals surface area contributed by atoms with Crippen molar-refractivity contribution < 1.29 is 14.3 Å². The monoisotopic (exact) mass is 321 g/mol. The van der Waals surface area contributed by atoms with Gasteiger partial charge in [0, 0.05) is 25.3 Å². The first-order valence-corrected chi connectivity index (χ1v) is 8.14. The van der Waals surface area contributed by atoms with E-state index < -0.39 is 0 Å². The van der Waals surface area contributed by atoms with Crippen LogP contribution in [0.25, 0.3) is 0 Å². The number of rotatable bonds is 7. The first kappa shape index (κ1) is 17.7. The van der Waals surface area contributed by atoms with E-state index in [1.807, 2.05) is 24.5 Å². The van der Waals surface area contributed by atoms with E-state index in [1.165, 1.54) is 0 Å². The summed E-state index contributed by atoms with van der Waals surface area (Å²) in [6.45, 7) is 7.20. The SMILES string of the molecule is COCCn1c(C(=O)CN2CCC(C(N)=O)CC2)cc(C)c1C. The van der Waals surface area contributed by atoms with Crippen LogP contribution in [0.4, 0.5) is 0 Å². The molecule has 1 aliphatic rings. The lowest BCUT2D eigenvalue weighted by Gasteiger charge is -2.29. The number of carbonyl (C=O) groups excluding carboxylic acids is 2. The van der Waals surface area contributed by atoms with Crippen molar-refractivity contribution in [1.82, 2.24) is 9.47 Å². The molecule has 2 heterocycles. The number of methoxy groups -OCH3 is 1. The highest BCUT2D eigenvalue weighted by atomic mass is 16.5. The van der Waals surface area contributed by atoms with Gasteiger partial charge in [-0.15, -0.1) is 0 Å². The van der Waals surface area contributed by atoms with Crippen molar-refractivity contribution in [2.24, 2.45) is 11.7 Å². The molecule has 6 nitrogen and oxygen atoms in total. The smallest absolute Gasteiger partial charge is 0.220 e. The number of hydrogen-bond donors (Lipinski definition) is 1. The Morgan fingerprint density at radius 2 is 1.96 bits per heavy atom. The zero-order chi connectivity index (χ0) is 17.0. The van der Waals surface area contributed by atoms with Crippen LogP contribution in [-0.2, 0) is 16.1 Å². The molecule has 0 spiro atoms. The van der Waals surface area contributed by atoms with Gasteiger partial charge >= 0.3 is 0 Å². The number of aryl methyl sites for hydroxylation is 1. The van der Waals surface area contributed by atoms with Crippen LogP contribution in [0, 0.1) is 19.8 Å². The van der Waals surface area contributed by atoms with Crippen LogP contribution < -0.4 is 5.73 Å². The molecule has 0 saturated carbocycles. The number of nitrogens with two attached hydrogens (primary N) is 1. The summed E-state index contributed by atoms with van der Waals surface area (Å²) in [4.78, 5) is 26.0. The topological polar surface area (TPSA) is 77.6 Å². The maximum atomic E-state index is 12.7. The molecule has 6 heteroatoms. The average molecular weight is 321 g/mol. The van der Waals surface area contributed by atoms with Crippen molar-refractivity contribution in [3.63, 3.8) is 0 Å². The molecule has 0 atom stereocenters. The molecule has 1 fully saturated rings. The number of carbonyl (C=O) groups is 2. The van der Waals surface area contributed by atoms with E-state index >= 15 is 0 Å². The second-order valence-electron chi connectivity index (χ2n) is 6.32. The molecule has 2 rings (SSSR count). The maximum Gasteiger partial charge on any atom is 0.220 e. The standard InChI is InChI=1S/C17H27N3O3/c1-12-10-15(20(13(12)2)8-9-23-3)16(21)11-19-6-4-14(5-7-19)17(18)22/h10,14H,4-9,11H2,1-3H3,(H2,18,22). The van der Waals surface area contributed by atoms with Crippen LogP contribution in [0.3, 0.4) is 0 Å². The van der Waals surface area contributed by atoms with Gasteiger partial charge in [0.05, 0.1) is 18.8 Å². The van der Waals surface area contributed by atoms with Gasteiger partial charge in [-0.2, -0.15) is 0 Å². The number of Topliss-reactive ketones (excluding diaryl/α,β-unsaturated/α-hetero) is 1. The second kappa shape index (κ2) is 7.75. The Kier molecular flexibility index (Phi) is 5.96. The summed E-state index contributed by atoms with van der Waals surface area (Å²) < 4.78 is 7.18. The number of ketones is 1. The average Bonchev–Trinajstić information content (AvgIpc) is 2.81. The Labute approximate surface area is 137 Å². The van der Waals surface area contributed by atoms with E-state index in [0.717, 1.165) is 42.9 Å². The fraction of sp³-hybridized carbons (Fsp3) is 0.647. The number of aromatic nitrogens is 1. The van der Waals surface area contributed by atoms with Gasteiger partial charge in [-0.1, -0.05) is 0 Å². The molecule has 128 valence electrons. The van der Waals surface area contributed by atoms with Crippen molar-refractivity contribution in [3.05, 3.63) is 23.0 Å². The molecule has 23 heavy (non-hydrogen) atoms. The maximum absolute atomic E-state index is 12.7. The van der Waals surface area contributed by atoms with Crippen molar-refractivity contribution in [3.8, 4) is 0 Å². The lowest BCUT2D eigenvalue weighted by Crippen LogP contribution is -2.41. The summed E-state index contributed by atoms with van der Waals surface area (Å²) in [7, 11) is 1.66. The van der Waals surface area contributed by atoms with Crippen molar-refractivity contribution in [2.75, 3.05) is 33.4 Å². The molecule has 0 aliphatic carbocycles. The quantitative estimate of drug-likeness (QED) is 0.764. The number of hydrogen-bond acceptors (Lipinski definition) is 4. The van der Waals surface area contributed by atoms with Crippen LogP contribution in [0.2, 0.25) is 0 Å². The Hall–Kier alpha value is -1.66. The van der Waals surface area contributed by atoms with Crippen molar-refractivity contribution in [1.29, 1.82) is 0 Å². The molecule has 1 aromatic heterocycles. The summed E-state index contributed by atoms with van der Waals surface area (Å²) in [5.41, 5.74) is 8.33. The first-order chi connectivity index (χ1) is 10.9. The molecule has 1 aliphatic heterocycles. The molecule has 1 saturated heterocycles. The van der Waals surface area contributed by atoms with Crippen LogP contribution in [0.15, 0.2) is 6.07 Å². The highest BCUT2D eigenvalue weighted by Crippen LogP contribution is 2.19. The van der Waals surface area contributed by atoms with Gasteiger partial charge in [-0.25, -0.2) is 0 Å². The van der Waals surface area contributed by atoms with Crippen molar-refractivity contribution in [2.45, 2.75) is 33.2 Å². The summed E-state index contributed by atoms with van der Waals surface area (Å²) in [5, 5.41) is 0. The predicted molar refractivity (Wildman–Crippen MR) is 88.5 cm³/mol. The van der Waals surface area contributed by atoms with E-state index in [4.69, 9.17) is 10.5 Å². The van der Waals surface area contributed by atoms with Crippen LogP contribution in [-0.4, -0.2) is 54.5 Å². The molecule has 0 radical (unpaired) electrons. The lowest BCUT2D eigenvalue weighted by atomic mass is 9.96. The predicted octanol–water partition coefficient (Wildman–Crippen LogP) is 1.13. The van der Waals surface area contributed by atoms with Crippen molar-refractivity contribution >= 4 is 11.7 Å². The first-order valence-electron chi connectivity index (χ1n) is 8.14. The highest BCUT2D eigenvalue weighted by Gasteiger charge is 2.25. The third-order valence-corrected chi connectivity index (χ3v) is 4.78. The molecule has 2 N–H and O–H groups in total. The zero-order valence-corrected chi connectivity index (χ0v) is 14.3. The lowest BCUT2D eigenvalue weighted by molar-refractivity contribution is -0.123. The number of amides is 1. The number of nitrogens with zero attached hydrogens (tertiary/aromatic N) is 2. The Bertz CT molecular complexity index is 572. The minimum absolute atomic E-state index is 0.0450. The zero-order valence-electron chi connectivity index (χ0n) is 14.3. The molecule has 0 bridgehead atoms. The molecular formula is C17H27N3O3. The Morgan fingerprint density at radius 3 is 2.52 bits per heavy atom. The van der Waals surface area contributed by atoms with Crippen LogP contribution >= 0.6 is 0 Å². The van der Waals surface area contributed by atoms with Gasteiger partial charge in [-0.05, 0) is 51.4 Å². The Balaban J connectivity index is 2.01. The van der Waals surface area contributed by atoms with E-state index in [0.29, 0.717) is 19.7 Å². The largest absolute Gasteiger partial charge is 0.383 e. The summed E-state index contributed by atoms with van der Waals surface area (Å²) in [6.07, 6.45) is 1.48. The van der Waals surface area contributed by atoms with Crippen LogP contribution in [0.1, 0.15) is 34.6 Å². The third kappa shape index (κ3) is 4.20. The van der Waals surface area contributed by atoms with E-state index in [-0.39, 0.29) is 17.6 Å². The summed E-state index contributed by atoms with van der Waals surface area (Å²) in [6, 6.07) is 1.96. The fourth-order valence-corrected chi connectivity index (χ4v) is 3.14. The summed E-state index contributed by atoms with van der Waals surface area (Å²) in [5.74, 6) is -0.151. The molecule has 0 unspecified atom stereocenters. The number of piperidine rings is 1. The van der Waals surface area contributed by atoms with E-state index in [1.54, 1.807) is 7.11 Å². The Morgan fingerprint density at radius 1 is 1.30 bits per heavy atom. The number of primary amides is 1. The summed E-state index contributed by atoms with van der Waals surface area (Å²) >= 11 is 0. The van der Waals surface area contributed by atoms with Gasteiger partial charge in [0.15, 0.2) is 5.78 Å². The van der Waals surface area contributed by atoms with Gasteiger partial charge in [0.2, 0.25) is 5.91 Å². The van der Waals surface area contributed by atoms with Gasteiger partial charge in [-0.3, -0.25) is 14.5 Å². The molecular weight excluding hydrogens is 294 g/mol. The third-order valence-electron chi connectivity index (χ3n) is 4.78. The highest BCUT2D eigenvalue weighted by molar-refractivity contribution is 5.96. The van der Waals surface area contributed by atoms with E-state index in [9.17, 15) is 9.59 Å². The fourth-order valence-electron chi connectivity index (χ4n) is 3.14. The normalized spacial score (nSPS) is 16.7. The number of ether oxygens (including phenoxy) is 1. The molecule has 0 aromatic carbocycles. The van der Waals surface area contributed by atoms with Gasteiger partial charge < -0.3 is 15.0 Å².